The lowest BCUT2D eigenvalue weighted by molar-refractivity contribution is -0.118. The zero-order chi connectivity index (χ0) is 22.6. The summed E-state index contributed by atoms with van der Waals surface area (Å²) in [5, 5.41) is 0.269. The molecule has 3 aromatic rings. The van der Waals surface area contributed by atoms with Gasteiger partial charge in [0.25, 0.3) is 5.56 Å². The molecule has 31 heavy (non-hydrogen) atoms. The van der Waals surface area contributed by atoms with Crippen molar-refractivity contribution >= 4 is 50.7 Å². The molecule has 0 bridgehead atoms. The summed E-state index contributed by atoms with van der Waals surface area (Å²) < 4.78 is 18.3. The van der Waals surface area contributed by atoms with Crippen molar-refractivity contribution in [3.63, 3.8) is 0 Å². The lowest BCUT2D eigenvalue weighted by atomic mass is 9.94. The molecule has 1 aliphatic heterocycles. The minimum Gasteiger partial charge on any atom is -0.318 e. The summed E-state index contributed by atoms with van der Waals surface area (Å²) in [7, 11) is 1.56. The third kappa shape index (κ3) is 3.70. The zero-order valence-corrected chi connectivity index (χ0v) is 20.0. The van der Waals surface area contributed by atoms with E-state index in [1.54, 1.807) is 13.1 Å². The van der Waals surface area contributed by atoms with Crippen molar-refractivity contribution in [3.8, 4) is 0 Å². The average molecular weight is 528 g/mol. The van der Waals surface area contributed by atoms with Crippen LogP contribution in [0.3, 0.4) is 0 Å². The van der Waals surface area contributed by atoms with E-state index in [0.717, 1.165) is 0 Å². The monoisotopic (exact) mass is 526 g/mol. The second-order valence-corrected chi connectivity index (χ2v) is 9.21. The molecule has 1 amide bonds. The molecule has 2 aromatic heterocycles. The molecule has 3 heterocycles. The van der Waals surface area contributed by atoms with Gasteiger partial charge in [-0.2, -0.15) is 0 Å². The number of aromatic nitrogens is 3. The Morgan fingerprint density at radius 2 is 1.94 bits per heavy atom. The van der Waals surface area contributed by atoms with Gasteiger partial charge in [-0.1, -0.05) is 29.3 Å². The van der Waals surface area contributed by atoms with Gasteiger partial charge < -0.3 is 9.13 Å². The number of hydrogen-bond acceptors (Lipinski definition) is 3. The molecular weight excluding hydrogens is 510 g/mol. The second kappa shape index (κ2) is 8.07. The van der Waals surface area contributed by atoms with Gasteiger partial charge in [-0.3, -0.25) is 14.5 Å². The van der Waals surface area contributed by atoms with Crippen LogP contribution in [0.4, 0.5) is 10.1 Å². The Kier molecular flexibility index (Phi) is 5.74. The number of aryl methyl sites for hydroxylation is 1. The number of anilines is 1. The number of halogens is 4. The molecule has 1 atom stereocenters. The number of carbonyl (C=O) groups excluding carboxylic acids is 1. The van der Waals surface area contributed by atoms with E-state index in [9.17, 15) is 14.0 Å². The smallest absolute Gasteiger partial charge is 0.274 e. The lowest BCUT2D eigenvalue weighted by Crippen LogP contribution is -2.45. The molecule has 0 spiro atoms. The van der Waals surface area contributed by atoms with Crippen molar-refractivity contribution in [3.05, 3.63) is 78.4 Å². The standard InChI is InChI=1S/C21H18BrCl2FN4O2/c1-10(2)28-19-15(26-21(28)22)8-17(30)29(16-7-12(23)9-27(3)20(16)31)18(19)11-4-5-13(24)14(25)6-11/h4-7,9-10,18H,8H2,1-3H3. The molecule has 1 aromatic carbocycles. The van der Waals surface area contributed by atoms with Crippen LogP contribution < -0.4 is 10.5 Å². The normalized spacial score (nSPS) is 16.2. The lowest BCUT2D eigenvalue weighted by Gasteiger charge is -2.37. The van der Waals surface area contributed by atoms with E-state index in [2.05, 4.69) is 20.9 Å². The van der Waals surface area contributed by atoms with E-state index in [0.29, 0.717) is 26.7 Å². The quantitative estimate of drug-likeness (QED) is 0.479. The predicted molar refractivity (Wildman–Crippen MR) is 121 cm³/mol. The summed E-state index contributed by atoms with van der Waals surface area (Å²) >= 11 is 15.6. The maximum absolute atomic E-state index is 14.5. The fourth-order valence-corrected chi connectivity index (χ4v) is 5.14. The van der Waals surface area contributed by atoms with Gasteiger partial charge in [-0.05, 0) is 53.5 Å². The summed E-state index contributed by atoms with van der Waals surface area (Å²) in [6.07, 6.45) is 1.47. The molecule has 0 radical (unpaired) electrons. The molecule has 0 saturated heterocycles. The van der Waals surface area contributed by atoms with Gasteiger partial charge in [0.2, 0.25) is 5.91 Å². The van der Waals surface area contributed by atoms with Crippen molar-refractivity contribution in [1.82, 2.24) is 14.1 Å². The minimum absolute atomic E-state index is 0.00407. The van der Waals surface area contributed by atoms with Crippen LogP contribution in [0.25, 0.3) is 0 Å². The second-order valence-electron chi connectivity index (χ2n) is 7.65. The van der Waals surface area contributed by atoms with Gasteiger partial charge in [0.05, 0.1) is 27.9 Å². The Bertz CT molecular complexity index is 1270. The van der Waals surface area contributed by atoms with Crippen LogP contribution >= 0.6 is 39.1 Å². The number of nitrogens with zero attached hydrogens (tertiary/aromatic N) is 4. The number of benzene rings is 1. The van der Waals surface area contributed by atoms with E-state index in [1.807, 2.05) is 18.4 Å². The number of fused-ring (bicyclic) bond motifs is 1. The molecule has 1 unspecified atom stereocenters. The molecular formula is C21H18BrCl2FN4O2. The molecule has 0 saturated carbocycles. The highest BCUT2D eigenvalue weighted by Gasteiger charge is 2.41. The van der Waals surface area contributed by atoms with Crippen LogP contribution in [-0.2, 0) is 18.3 Å². The van der Waals surface area contributed by atoms with Gasteiger partial charge in [-0.25, -0.2) is 9.37 Å². The molecule has 0 N–H and O–H groups in total. The van der Waals surface area contributed by atoms with Gasteiger partial charge >= 0.3 is 0 Å². The minimum atomic E-state index is -0.796. The Balaban J connectivity index is 2.06. The first-order valence-electron chi connectivity index (χ1n) is 9.49. The van der Waals surface area contributed by atoms with E-state index >= 15 is 0 Å². The van der Waals surface area contributed by atoms with E-state index in [4.69, 9.17) is 23.2 Å². The van der Waals surface area contributed by atoms with Gasteiger partial charge in [0, 0.05) is 19.3 Å². The van der Waals surface area contributed by atoms with Crippen molar-refractivity contribution in [1.29, 1.82) is 0 Å². The Hall–Kier alpha value is -2.16. The average Bonchev–Trinajstić information content (AvgIpc) is 3.01. The first-order valence-corrected chi connectivity index (χ1v) is 11.0. The van der Waals surface area contributed by atoms with Crippen molar-refractivity contribution in [2.75, 3.05) is 4.90 Å². The topological polar surface area (TPSA) is 60.1 Å². The summed E-state index contributed by atoms with van der Waals surface area (Å²) in [5.74, 6) is -0.958. The number of amides is 1. The first-order chi connectivity index (χ1) is 14.6. The maximum atomic E-state index is 14.5. The highest BCUT2D eigenvalue weighted by Crippen LogP contribution is 2.41. The Labute approximate surface area is 196 Å². The predicted octanol–water partition coefficient (Wildman–Crippen LogP) is 5.05. The zero-order valence-electron chi connectivity index (χ0n) is 16.9. The van der Waals surface area contributed by atoms with E-state index in [1.165, 1.54) is 33.9 Å². The van der Waals surface area contributed by atoms with Gasteiger partial charge in [0.1, 0.15) is 17.5 Å². The molecule has 1 aliphatic rings. The number of carbonyl (C=O) groups is 1. The number of rotatable bonds is 3. The summed E-state index contributed by atoms with van der Waals surface area (Å²) in [4.78, 5) is 32.2. The Morgan fingerprint density at radius 1 is 1.23 bits per heavy atom. The molecule has 4 rings (SSSR count). The summed E-state index contributed by atoms with van der Waals surface area (Å²) in [6.45, 7) is 3.96. The van der Waals surface area contributed by atoms with Crippen molar-refractivity contribution < 1.29 is 9.18 Å². The largest absolute Gasteiger partial charge is 0.318 e. The van der Waals surface area contributed by atoms with Crippen LogP contribution in [0.15, 0.2) is 40.0 Å². The third-order valence-corrected chi connectivity index (χ3v) is 6.32. The van der Waals surface area contributed by atoms with Crippen LogP contribution in [0.5, 0.6) is 0 Å². The first kappa shape index (κ1) is 22.0. The van der Waals surface area contributed by atoms with Crippen LogP contribution in [0.2, 0.25) is 10.0 Å². The molecule has 0 aliphatic carbocycles. The van der Waals surface area contributed by atoms with Crippen LogP contribution in [-0.4, -0.2) is 20.0 Å². The van der Waals surface area contributed by atoms with Crippen LogP contribution in [0.1, 0.15) is 42.9 Å². The van der Waals surface area contributed by atoms with Gasteiger partial charge in [-0.15, -0.1) is 0 Å². The SMILES string of the molecule is CC(C)n1c(Br)nc2c1C(c1ccc(Cl)c(F)c1)N(c1cc(Cl)cn(C)c1=O)C(=O)C2. The third-order valence-electron chi connectivity index (χ3n) is 5.25. The molecule has 0 fully saturated rings. The van der Waals surface area contributed by atoms with Crippen molar-refractivity contribution in [2.45, 2.75) is 32.4 Å². The van der Waals surface area contributed by atoms with E-state index in [-0.39, 0.29) is 29.1 Å². The molecule has 162 valence electrons. The fourth-order valence-electron chi connectivity index (χ4n) is 3.96. The fraction of sp³-hybridized carbons (Fsp3) is 0.286. The maximum Gasteiger partial charge on any atom is 0.274 e. The number of hydrogen-bond donors (Lipinski definition) is 0. The summed E-state index contributed by atoms with van der Waals surface area (Å²) in [5.41, 5.74) is 1.45. The number of imidazole rings is 1. The highest BCUT2D eigenvalue weighted by atomic mass is 79.9. The summed E-state index contributed by atoms with van der Waals surface area (Å²) in [6, 6.07) is 5.01. The molecule has 10 heteroatoms. The van der Waals surface area contributed by atoms with Gasteiger partial charge in [0.15, 0.2) is 4.73 Å². The Morgan fingerprint density at radius 3 is 2.58 bits per heavy atom. The molecule has 6 nitrogen and oxygen atoms in total. The highest BCUT2D eigenvalue weighted by molar-refractivity contribution is 9.10. The number of pyridine rings is 1. The van der Waals surface area contributed by atoms with Crippen LogP contribution in [0, 0.1) is 5.82 Å². The van der Waals surface area contributed by atoms with E-state index < -0.39 is 17.4 Å². The van der Waals surface area contributed by atoms with Crippen molar-refractivity contribution in [2.24, 2.45) is 7.05 Å².